The second kappa shape index (κ2) is 10.8. The first-order valence-corrected chi connectivity index (χ1v) is 12.3. The molecule has 0 atom stereocenters. The molecule has 0 aliphatic carbocycles. The predicted molar refractivity (Wildman–Crippen MR) is 134 cm³/mol. The number of nitrogens with one attached hydrogen (secondary N) is 1. The number of aryl methyl sites for hydroxylation is 1. The van der Waals surface area contributed by atoms with Crippen molar-refractivity contribution in [3.05, 3.63) is 87.4 Å². The highest BCUT2D eigenvalue weighted by Crippen LogP contribution is 2.32. The summed E-state index contributed by atoms with van der Waals surface area (Å²) in [6, 6.07) is 18.2. The molecule has 0 aliphatic heterocycles. The fourth-order valence-electron chi connectivity index (χ4n) is 2.89. The largest absolute Gasteiger partial charge is 0.495 e. The molecule has 0 aliphatic rings. The van der Waals surface area contributed by atoms with Crippen LogP contribution in [-0.4, -0.2) is 34.2 Å². The summed E-state index contributed by atoms with van der Waals surface area (Å²) in [5.74, 6) is -0.236. The maximum absolute atomic E-state index is 13.4. The molecule has 0 fully saturated rings. The molecule has 0 radical (unpaired) electrons. The summed E-state index contributed by atoms with van der Waals surface area (Å²) >= 11 is 9.58. The van der Waals surface area contributed by atoms with Crippen LogP contribution in [-0.2, 0) is 14.8 Å². The van der Waals surface area contributed by atoms with E-state index >= 15 is 0 Å². The lowest BCUT2D eigenvalue weighted by Crippen LogP contribution is -2.39. The second-order valence-electron chi connectivity index (χ2n) is 6.99. The molecule has 3 rings (SSSR count). The van der Waals surface area contributed by atoms with E-state index in [0.29, 0.717) is 5.75 Å². The van der Waals surface area contributed by atoms with Gasteiger partial charge in [-0.25, -0.2) is 13.8 Å². The number of anilines is 1. The van der Waals surface area contributed by atoms with Gasteiger partial charge in [-0.15, -0.1) is 0 Å². The molecule has 1 N–H and O–H groups in total. The lowest BCUT2D eigenvalue weighted by molar-refractivity contribution is -0.119. The standard InChI is InChI=1S/C23H21BrClN3O4S/c1-16-6-9-20(10-7-16)33(30,31)28(19-8-11-22(32-2)21(25)13-19)15-23(29)27-26-14-17-4-3-5-18(24)12-17/h3-14H,15H2,1-2H3,(H,27,29)/b26-14-. The number of hydrogen-bond donors (Lipinski definition) is 1. The Labute approximate surface area is 206 Å². The third kappa shape index (κ3) is 6.34. The van der Waals surface area contributed by atoms with E-state index in [-0.39, 0.29) is 15.6 Å². The molecule has 10 heteroatoms. The molecule has 0 saturated carbocycles. The molecule has 0 heterocycles. The molecule has 7 nitrogen and oxygen atoms in total. The van der Waals surface area contributed by atoms with Crippen molar-refractivity contribution in [1.29, 1.82) is 0 Å². The van der Waals surface area contributed by atoms with Crippen LogP contribution < -0.4 is 14.5 Å². The number of amides is 1. The van der Waals surface area contributed by atoms with Crippen LogP contribution in [0, 0.1) is 6.92 Å². The molecule has 0 saturated heterocycles. The van der Waals surface area contributed by atoms with Gasteiger partial charge in [0.05, 0.1) is 28.9 Å². The summed E-state index contributed by atoms with van der Waals surface area (Å²) in [4.78, 5) is 12.7. The van der Waals surface area contributed by atoms with Crippen molar-refractivity contribution in [2.24, 2.45) is 5.10 Å². The maximum atomic E-state index is 13.4. The summed E-state index contributed by atoms with van der Waals surface area (Å²) in [7, 11) is -2.61. The number of methoxy groups -OCH3 is 1. The van der Waals surface area contributed by atoms with Gasteiger partial charge in [-0.3, -0.25) is 9.10 Å². The number of benzene rings is 3. The predicted octanol–water partition coefficient (Wildman–Crippen LogP) is 4.77. The van der Waals surface area contributed by atoms with Gasteiger partial charge in [-0.1, -0.05) is 57.4 Å². The van der Waals surface area contributed by atoms with E-state index in [1.165, 1.54) is 37.6 Å². The van der Waals surface area contributed by atoms with Crippen molar-refractivity contribution in [2.45, 2.75) is 11.8 Å². The Morgan fingerprint density at radius 3 is 2.52 bits per heavy atom. The number of sulfonamides is 1. The number of carbonyl (C=O) groups excluding carboxylic acids is 1. The van der Waals surface area contributed by atoms with Crippen molar-refractivity contribution < 1.29 is 17.9 Å². The zero-order chi connectivity index (χ0) is 24.0. The van der Waals surface area contributed by atoms with Gasteiger partial charge in [0.15, 0.2) is 0 Å². The molecule has 33 heavy (non-hydrogen) atoms. The number of ether oxygens (including phenoxy) is 1. The molecule has 3 aromatic rings. The van der Waals surface area contributed by atoms with Crippen molar-refractivity contribution in [3.8, 4) is 5.75 Å². The third-order valence-corrected chi connectivity index (χ3v) is 7.15. The van der Waals surface area contributed by atoms with Crippen LogP contribution in [0.15, 0.2) is 81.2 Å². The average Bonchev–Trinajstić information content (AvgIpc) is 2.77. The monoisotopic (exact) mass is 549 g/mol. The average molecular weight is 551 g/mol. The van der Waals surface area contributed by atoms with Gasteiger partial charge in [0.25, 0.3) is 15.9 Å². The van der Waals surface area contributed by atoms with Crippen molar-refractivity contribution in [1.82, 2.24) is 5.43 Å². The third-order valence-electron chi connectivity index (χ3n) is 4.57. The van der Waals surface area contributed by atoms with Crippen LogP contribution in [0.25, 0.3) is 0 Å². The molecule has 3 aromatic carbocycles. The molecule has 0 aromatic heterocycles. The van der Waals surface area contributed by atoms with Crippen LogP contribution in [0.3, 0.4) is 0 Å². The van der Waals surface area contributed by atoms with Crippen LogP contribution in [0.5, 0.6) is 5.75 Å². The molecule has 1 amide bonds. The quantitative estimate of drug-likeness (QED) is 0.323. The van der Waals surface area contributed by atoms with E-state index in [9.17, 15) is 13.2 Å². The number of rotatable bonds is 8. The van der Waals surface area contributed by atoms with Gasteiger partial charge < -0.3 is 4.74 Å². The lowest BCUT2D eigenvalue weighted by Gasteiger charge is -2.24. The van der Waals surface area contributed by atoms with E-state index in [2.05, 4.69) is 26.5 Å². The Morgan fingerprint density at radius 2 is 1.88 bits per heavy atom. The molecule has 172 valence electrons. The minimum atomic E-state index is -4.07. The van der Waals surface area contributed by atoms with Crippen molar-refractivity contribution >= 4 is 55.4 Å². The van der Waals surface area contributed by atoms with E-state index < -0.39 is 22.5 Å². The summed E-state index contributed by atoms with van der Waals surface area (Å²) in [6.07, 6.45) is 1.46. The van der Waals surface area contributed by atoms with Crippen molar-refractivity contribution in [2.75, 3.05) is 18.0 Å². The molecule has 0 unspecified atom stereocenters. The first kappa shape index (κ1) is 24.8. The molecular weight excluding hydrogens is 530 g/mol. The Hall–Kier alpha value is -2.88. The van der Waals surface area contributed by atoms with Gasteiger partial charge in [0.1, 0.15) is 12.3 Å². The second-order valence-corrected chi connectivity index (χ2v) is 10.2. The van der Waals surface area contributed by atoms with Gasteiger partial charge in [-0.05, 0) is 55.0 Å². The number of hydrazone groups is 1. The van der Waals surface area contributed by atoms with E-state index in [1.807, 2.05) is 31.2 Å². The Kier molecular flexibility index (Phi) is 8.12. The fourth-order valence-corrected chi connectivity index (χ4v) is 4.98. The van der Waals surface area contributed by atoms with Crippen molar-refractivity contribution in [3.63, 3.8) is 0 Å². The highest BCUT2D eigenvalue weighted by molar-refractivity contribution is 9.10. The zero-order valence-electron chi connectivity index (χ0n) is 17.8. The van der Waals surface area contributed by atoms with Gasteiger partial charge >= 0.3 is 0 Å². The van der Waals surface area contributed by atoms with Crippen LogP contribution in [0.1, 0.15) is 11.1 Å². The highest BCUT2D eigenvalue weighted by atomic mass is 79.9. The van der Waals surface area contributed by atoms with E-state index in [0.717, 1.165) is 19.9 Å². The molecule has 0 spiro atoms. The highest BCUT2D eigenvalue weighted by Gasteiger charge is 2.27. The number of hydrogen-bond acceptors (Lipinski definition) is 5. The summed E-state index contributed by atoms with van der Waals surface area (Å²) in [6.45, 7) is 1.35. The summed E-state index contributed by atoms with van der Waals surface area (Å²) in [5, 5.41) is 4.14. The smallest absolute Gasteiger partial charge is 0.264 e. The number of carbonyl (C=O) groups is 1. The first-order valence-electron chi connectivity index (χ1n) is 9.71. The minimum Gasteiger partial charge on any atom is -0.495 e. The first-order chi connectivity index (χ1) is 15.7. The SMILES string of the molecule is COc1ccc(N(CC(=O)N/N=C\c2cccc(Br)c2)S(=O)(=O)c2ccc(C)cc2)cc1Cl. The normalized spacial score (nSPS) is 11.4. The van der Waals surface area contributed by atoms with Gasteiger partial charge in [0.2, 0.25) is 0 Å². The van der Waals surface area contributed by atoms with Crippen LogP contribution in [0.4, 0.5) is 5.69 Å². The number of nitrogens with zero attached hydrogens (tertiary/aromatic N) is 2. The lowest BCUT2D eigenvalue weighted by atomic mass is 10.2. The maximum Gasteiger partial charge on any atom is 0.264 e. The Bertz CT molecular complexity index is 1280. The van der Waals surface area contributed by atoms with Crippen LogP contribution in [0.2, 0.25) is 5.02 Å². The fraction of sp³-hybridized carbons (Fsp3) is 0.130. The minimum absolute atomic E-state index is 0.0467. The van der Waals surface area contributed by atoms with Gasteiger partial charge in [-0.2, -0.15) is 5.10 Å². The van der Waals surface area contributed by atoms with E-state index in [4.69, 9.17) is 16.3 Å². The summed E-state index contributed by atoms with van der Waals surface area (Å²) in [5.41, 5.74) is 4.26. The molecular formula is C23H21BrClN3O4S. The zero-order valence-corrected chi connectivity index (χ0v) is 21.0. The Balaban J connectivity index is 1.89. The summed E-state index contributed by atoms with van der Waals surface area (Å²) < 4.78 is 33.8. The Morgan fingerprint density at radius 1 is 1.15 bits per heavy atom. The van der Waals surface area contributed by atoms with E-state index in [1.54, 1.807) is 18.2 Å². The topological polar surface area (TPSA) is 88.1 Å². The van der Waals surface area contributed by atoms with Crippen LogP contribution >= 0.6 is 27.5 Å². The van der Waals surface area contributed by atoms with Gasteiger partial charge in [0, 0.05) is 4.47 Å². The molecule has 0 bridgehead atoms. The number of halogens is 2.